The molecular formula is C48H34N2. The van der Waals surface area contributed by atoms with Gasteiger partial charge in [0.2, 0.25) is 0 Å². The molecule has 1 atom stereocenters. The first-order valence-corrected chi connectivity index (χ1v) is 17.5. The van der Waals surface area contributed by atoms with Crippen LogP contribution in [0.25, 0.3) is 77.2 Å². The van der Waals surface area contributed by atoms with Crippen molar-refractivity contribution in [1.82, 2.24) is 9.13 Å². The normalized spacial score (nSPS) is 14.4. The van der Waals surface area contributed by atoms with Gasteiger partial charge in [-0.3, -0.25) is 0 Å². The molecule has 0 fully saturated rings. The van der Waals surface area contributed by atoms with Crippen LogP contribution in [0.15, 0.2) is 188 Å². The Hall–Kier alpha value is -6.38. The average molecular weight is 639 g/mol. The van der Waals surface area contributed by atoms with Crippen LogP contribution in [0.5, 0.6) is 0 Å². The van der Waals surface area contributed by atoms with E-state index in [2.05, 4.69) is 197 Å². The number of aromatic nitrogens is 2. The third-order valence-corrected chi connectivity index (χ3v) is 10.5. The van der Waals surface area contributed by atoms with Gasteiger partial charge in [0.1, 0.15) is 0 Å². The van der Waals surface area contributed by atoms with Gasteiger partial charge in [-0.05, 0) is 94.9 Å². The van der Waals surface area contributed by atoms with Gasteiger partial charge in [0, 0.05) is 38.8 Å². The maximum atomic E-state index is 2.41. The molecule has 9 aromatic rings. The van der Waals surface area contributed by atoms with Crippen LogP contribution in [0.1, 0.15) is 17.9 Å². The monoisotopic (exact) mass is 638 g/mol. The van der Waals surface area contributed by atoms with Crippen molar-refractivity contribution in [3.63, 3.8) is 0 Å². The number of para-hydroxylation sites is 2. The molecule has 0 saturated carbocycles. The molecule has 0 spiro atoms. The van der Waals surface area contributed by atoms with E-state index in [-0.39, 0.29) is 0 Å². The molecule has 1 aliphatic rings. The van der Waals surface area contributed by atoms with Crippen molar-refractivity contribution in [2.24, 2.45) is 0 Å². The number of benzene rings is 7. The summed E-state index contributed by atoms with van der Waals surface area (Å²) in [6.45, 7) is 0. The lowest BCUT2D eigenvalue weighted by molar-refractivity contribution is 0.853. The van der Waals surface area contributed by atoms with E-state index in [0.29, 0.717) is 5.92 Å². The Morgan fingerprint density at radius 1 is 0.380 bits per heavy atom. The smallest absolute Gasteiger partial charge is 0.0541 e. The Kier molecular flexibility index (Phi) is 6.67. The van der Waals surface area contributed by atoms with Crippen LogP contribution in [-0.4, -0.2) is 9.13 Å². The molecule has 0 saturated heterocycles. The molecule has 10 rings (SSSR count). The summed E-state index contributed by atoms with van der Waals surface area (Å²) in [6, 6.07) is 60.1. The van der Waals surface area contributed by atoms with Crippen LogP contribution >= 0.6 is 0 Å². The van der Waals surface area contributed by atoms with Crippen molar-refractivity contribution < 1.29 is 0 Å². The third-order valence-electron chi connectivity index (χ3n) is 10.5. The molecular weight excluding hydrogens is 605 g/mol. The topological polar surface area (TPSA) is 9.86 Å². The summed E-state index contributed by atoms with van der Waals surface area (Å²) in [5, 5.41) is 5.05. The summed E-state index contributed by atoms with van der Waals surface area (Å²) in [5.41, 5.74) is 13.5. The van der Waals surface area contributed by atoms with Gasteiger partial charge in [-0.25, -0.2) is 0 Å². The van der Waals surface area contributed by atoms with E-state index < -0.39 is 0 Å². The van der Waals surface area contributed by atoms with Gasteiger partial charge >= 0.3 is 0 Å². The lowest BCUT2D eigenvalue weighted by atomic mass is 9.92. The number of rotatable bonds is 5. The second kappa shape index (κ2) is 11.6. The van der Waals surface area contributed by atoms with E-state index in [0.717, 1.165) is 6.42 Å². The van der Waals surface area contributed by atoms with Gasteiger partial charge in [0.15, 0.2) is 0 Å². The molecule has 2 heterocycles. The van der Waals surface area contributed by atoms with Gasteiger partial charge in [0.25, 0.3) is 0 Å². The first kappa shape index (κ1) is 28.6. The SMILES string of the molecule is C1=CCC(c2ccc(-n3c4ccccc4c4cc(-c5ccc6c(c5)c5ccccc5n6-c5cccc(-c6ccccc6)c5)ccc43)cc2)C=C1. The number of nitrogens with zero attached hydrogens (tertiary/aromatic N) is 2. The summed E-state index contributed by atoms with van der Waals surface area (Å²) in [7, 11) is 0. The van der Waals surface area contributed by atoms with Crippen LogP contribution in [0.4, 0.5) is 0 Å². The van der Waals surface area contributed by atoms with Crippen LogP contribution in [0.2, 0.25) is 0 Å². The Bertz CT molecular complexity index is 2770. The molecule has 1 unspecified atom stereocenters. The molecule has 0 amide bonds. The molecule has 236 valence electrons. The van der Waals surface area contributed by atoms with Gasteiger partial charge in [-0.15, -0.1) is 0 Å². The minimum atomic E-state index is 0.445. The molecule has 0 bridgehead atoms. The summed E-state index contributed by atoms with van der Waals surface area (Å²) in [4.78, 5) is 0. The van der Waals surface area contributed by atoms with Crippen LogP contribution in [0.3, 0.4) is 0 Å². The summed E-state index contributed by atoms with van der Waals surface area (Å²) in [6.07, 6.45) is 9.91. The minimum absolute atomic E-state index is 0.445. The zero-order chi connectivity index (χ0) is 33.0. The van der Waals surface area contributed by atoms with Crippen LogP contribution in [0, 0.1) is 0 Å². The molecule has 0 aliphatic heterocycles. The molecule has 2 aromatic heterocycles. The van der Waals surface area contributed by atoms with Gasteiger partial charge < -0.3 is 9.13 Å². The van der Waals surface area contributed by atoms with Crippen LogP contribution in [-0.2, 0) is 0 Å². The minimum Gasteiger partial charge on any atom is -0.309 e. The van der Waals surface area contributed by atoms with Crippen molar-refractivity contribution in [2.75, 3.05) is 0 Å². The Labute approximate surface area is 291 Å². The zero-order valence-electron chi connectivity index (χ0n) is 27.6. The number of hydrogen-bond donors (Lipinski definition) is 0. The van der Waals surface area contributed by atoms with E-state index in [1.54, 1.807) is 0 Å². The fraction of sp³-hybridized carbons (Fsp3) is 0.0417. The second-order valence-corrected chi connectivity index (χ2v) is 13.3. The zero-order valence-corrected chi connectivity index (χ0v) is 27.6. The second-order valence-electron chi connectivity index (χ2n) is 13.3. The Balaban J connectivity index is 1.09. The quantitative estimate of drug-likeness (QED) is 0.178. The van der Waals surface area contributed by atoms with Crippen LogP contribution < -0.4 is 0 Å². The van der Waals surface area contributed by atoms with E-state index in [4.69, 9.17) is 0 Å². The van der Waals surface area contributed by atoms with Crippen molar-refractivity contribution in [2.45, 2.75) is 12.3 Å². The maximum Gasteiger partial charge on any atom is 0.0541 e. The van der Waals surface area contributed by atoms with E-state index in [1.165, 1.54) is 82.8 Å². The maximum absolute atomic E-state index is 2.41. The van der Waals surface area contributed by atoms with Crippen molar-refractivity contribution in [3.8, 4) is 33.6 Å². The highest BCUT2D eigenvalue weighted by molar-refractivity contribution is 6.12. The number of hydrogen-bond acceptors (Lipinski definition) is 0. The summed E-state index contributed by atoms with van der Waals surface area (Å²) >= 11 is 0. The van der Waals surface area contributed by atoms with Crippen molar-refractivity contribution >= 4 is 43.6 Å². The molecule has 0 radical (unpaired) electrons. The lowest BCUT2D eigenvalue weighted by Gasteiger charge is -2.15. The van der Waals surface area contributed by atoms with E-state index in [9.17, 15) is 0 Å². The average Bonchev–Trinajstić information content (AvgIpc) is 3.71. The predicted molar refractivity (Wildman–Crippen MR) is 212 cm³/mol. The predicted octanol–water partition coefficient (Wildman–Crippen LogP) is 12.8. The largest absolute Gasteiger partial charge is 0.309 e. The molecule has 7 aromatic carbocycles. The van der Waals surface area contributed by atoms with Crippen molar-refractivity contribution in [3.05, 3.63) is 194 Å². The summed E-state index contributed by atoms with van der Waals surface area (Å²) in [5.74, 6) is 0.445. The Morgan fingerprint density at radius 3 is 1.58 bits per heavy atom. The third kappa shape index (κ3) is 4.64. The highest BCUT2D eigenvalue weighted by Gasteiger charge is 2.17. The highest BCUT2D eigenvalue weighted by atomic mass is 15.0. The fourth-order valence-corrected chi connectivity index (χ4v) is 8.01. The Morgan fingerprint density at radius 2 is 0.940 bits per heavy atom. The number of fused-ring (bicyclic) bond motifs is 6. The van der Waals surface area contributed by atoms with Gasteiger partial charge in [0.05, 0.1) is 22.1 Å². The first-order valence-electron chi connectivity index (χ1n) is 17.5. The van der Waals surface area contributed by atoms with E-state index in [1.807, 2.05) is 0 Å². The first-order chi connectivity index (χ1) is 24.8. The summed E-state index contributed by atoms with van der Waals surface area (Å²) < 4.78 is 4.82. The standard InChI is InChI=1S/C48H34N2/c1-3-12-33(13-4-1)35-22-26-39(27-23-35)49-45-20-9-7-18-41(45)43-31-37(24-28-47(43)49)38-25-29-48-44(32-38)42-19-8-10-21-46(42)50(48)40-17-11-16-36(30-40)34-14-5-2-6-15-34/h1-12,14-33H,13H2. The number of allylic oxidation sites excluding steroid dienone is 4. The lowest BCUT2D eigenvalue weighted by Crippen LogP contribution is -1.98. The van der Waals surface area contributed by atoms with Gasteiger partial charge in [-0.1, -0.05) is 127 Å². The molecule has 2 heteroatoms. The molecule has 50 heavy (non-hydrogen) atoms. The molecule has 1 aliphatic carbocycles. The molecule has 0 N–H and O–H groups in total. The van der Waals surface area contributed by atoms with Crippen molar-refractivity contribution in [1.29, 1.82) is 0 Å². The highest BCUT2D eigenvalue weighted by Crippen LogP contribution is 2.39. The van der Waals surface area contributed by atoms with E-state index >= 15 is 0 Å². The fourth-order valence-electron chi connectivity index (χ4n) is 8.01. The van der Waals surface area contributed by atoms with Gasteiger partial charge in [-0.2, -0.15) is 0 Å². The molecule has 2 nitrogen and oxygen atoms in total.